The van der Waals surface area contributed by atoms with Crippen LogP contribution in [-0.2, 0) is 4.74 Å². The molecule has 204 valence electrons. The summed E-state index contributed by atoms with van der Waals surface area (Å²) in [4.78, 5) is 40.4. The lowest BCUT2D eigenvalue weighted by Crippen LogP contribution is -2.51. The second-order valence-corrected chi connectivity index (χ2v) is 13.3. The van der Waals surface area contributed by atoms with Crippen LogP contribution in [0.4, 0.5) is 4.79 Å². The van der Waals surface area contributed by atoms with E-state index in [1.807, 2.05) is 20.8 Å². The van der Waals surface area contributed by atoms with Gasteiger partial charge in [-0.05, 0) is 107 Å². The molecule has 0 spiro atoms. The van der Waals surface area contributed by atoms with Crippen molar-refractivity contribution in [3.8, 4) is 0 Å². The summed E-state index contributed by atoms with van der Waals surface area (Å²) in [7, 11) is 0. The third-order valence-electron chi connectivity index (χ3n) is 8.95. The molecule has 5 aliphatic rings. The van der Waals surface area contributed by atoms with Crippen LogP contribution < -0.4 is 10.6 Å². The Morgan fingerprint density at radius 3 is 2.45 bits per heavy atom. The predicted molar refractivity (Wildman–Crippen MR) is 142 cm³/mol. The largest absolute Gasteiger partial charge is 0.444 e. The Morgan fingerprint density at radius 2 is 1.79 bits per heavy atom. The molecule has 9 nitrogen and oxygen atoms in total. The molecule has 0 aromatic carbocycles. The van der Waals surface area contributed by atoms with Crippen LogP contribution >= 0.6 is 0 Å². The SMILES string of the molecule is CC(C)(C)OC(=O)NC1CCN(C(=O)c2cc3c(C(=O)NCC45CC6CC(CC(C6)C4)C5)cccn3n2)C1. The Hall–Kier alpha value is -3.10. The summed E-state index contributed by atoms with van der Waals surface area (Å²) in [5.41, 5.74) is 1.14. The number of amides is 3. The molecule has 7 rings (SSSR count). The number of likely N-dealkylation sites (tertiary alicyclic amines) is 1. The summed E-state index contributed by atoms with van der Waals surface area (Å²) in [5.74, 6) is 2.22. The number of nitrogens with zero attached hydrogens (tertiary/aromatic N) is 3. The lowest BCUT2D eigenvalue weighted by molar-refractivity contribution is -0.0503. The molecule has 3 amide bonds. The zero-order chi connectivity index (χ0) is 26.7. The van der Waals surface area contributed by atoms with Crippen LogP contribution in [0.1, 0.15) is 86.6 Å². The van der Waals surface area contributed by atoms with E-state index in [1.165, 1.54) is 38.5 Å². The van der Waals surface area contributed by atoms with Crippen LogP contribution in [-0.4, -0.2) is 63.7 Å². The molecule has 3 heterocycles. The number of alkyl carbamates (subject to hydrolysis) is 1. The molecule has 4 bridgehead atoms. The Balaban J connectivity index is 1.11. The third-order valence-corrected chi connectivity index (χ3v) is 8.95. The summed E-state index contributed by atoms with van der Waals surface area (Å²) < 4.78 is 6.95. The number of fused-ring (bicyclic) bond motifs is 1. The van der Waals surface area contributed by atoms with E-state index in [9.17, 15) is 14.4 Å². The van der Waals surface area contributed by atoms with E-state index in [-0.39, 0.29) is 23.3 Å². The average Bonchev–Trinajstić information content (AvgIpc) is 3.47. The molecule has 2 N–H and O–H groups in total. The van der Waals surface area contributed by atoms with Crippen molar-refractivity contribution in [2.45, 2.75) is 77.4 Å². The van der Waals surface area contributed by atoms with Crippen molar-refractivity contribution in [3.63, 3.8) is 0 Å². The summed E-state index contributed by atoms with van der Waals surface area (Å²) in [6.07, 6.45) is 9.82. The van der Waals surface area contributed by atoms with Gasteiger partial charge in [0.1, 0.15) is 5.60 Å². The molecule has 1 unspecified atom stereocenters. The van der Waals surface area contributed by atoms with E-state index in [0.29, 0.717) is 36.3 Å². The normalized spacial score (nSPS) is 30.0. The van der Waals surface area contributed by atoms with E-state index in [0.717, 1.165) is 24.3 Å². The lowest BCUT2D eigenvalue weighted by atomic mass is 9.49. The summed E-state index contributed by atoms with van der Waals surface area (Å²) in [6.45, 7) is 7.10. The van der Waals surface area contributed by atoms with Gasteiger partial charge in [-0.25, -0.2) is 9.31 Å². The van der Waals surface area contributed by atoms with E-state index in [1.54, 1.807) is 33.8 Å². The minimum atomic E-state index is -0.575. The number of ether oxygens (including phenoxy) is 1. The minimum absolute atomic E-state index is 0.104. The monoisotopic (exact) mass is 521 g/mol. The van der Waals surface area contributed by atoms with Gasteiger partial charge in [0.05, 0.1) is 17.1 Å². The van der Waals surface area contributed by atoms with Crippen LogP contribution in [0.15, 0.2) is 24.4 Å². The number of pyridine rings is 1. The van der Waals surface area contributed by atoms with Crippen LogP contribution in [0.2, 0.25) is 0 Å². The quantitative estimate of drug-likeness (QED) is 0.618. The number of hydrogen-bond acceptors (Lipinski definition) is 5. The van der Waals surface area contributed by atoms with Crippen LogP contribution in [0.25, 0.3) is 5.52 Å². The van der Waals surface area contributed by atoms with E-state index < -0.39 is 11.7 Å². The van der Waals surface area contributed by atoms with Crippen LogP contribution in [0.3, 0.4) is 0 Å². The van der Waals surface area contributed by atoms with Gasteiger partial charge in [0, 0.05) is 25.8 Å². The van der Waals surface area contributed by atoms with Crippen molar-refractivity contribution in [1.82, 2.24) is 25.1 Å². The van der Waals surface area contributed by atoms with E-state index >= 15 is 0 Å². The molecule has 9 heteroatoms. The maximum Gasteiger partial charge on any atom is 0.407 e. The summed E-state index contributed by atoms with van der Waals surface area (Å²) in [5, 5.41) is 10.6. The lowest BCUT2D eigenvalue weighted by Gasteiger charge is -2.56. The van der Waals surface area contributed by atoms with Gasteiger partial charge in [0.2, 0.25) is 0 Å². The smallest absolute Gasteiger partial charge is 0.407 e. The highest BCUT2D eigenvalue weighted by Crippen LogP contribution is 2.59. The Kier molecular flexibility index (Phi) is 6.15. The number of aromatic nitrogens is 2. The molecule has 1 aliphatic heterocycles. The highest BCUT2D eigenvalue weighted by atomic mass is 16.6. The van der Waals surface area contributed by atoms with Crippen LogP contribution in [0.5, 0.6) is 0 Å². The Labute approximate surface area is 223 Å². The first-order valence-corrected chi connectivity index (χ1v) is 14.1. The fourth-order valence-electron chi connectivity index (χ4n) is 7.88. The molecule has 0 radical (unpaired) electrons. The van der Waals surface area contributed by atoms with Crippen molar-refractivity contribution in [3.05, 3.63) is 35.7 Å². The highest BCUT2D eigenvalue weighted by Gasteiger charge is 2.50. The highest BCUT2D eigenvalue weighted by molar-refractivity contribution is 6.02. The zero-order valence-electron chi connectivity index (χ0n) is 22.7. The minimum Gasteiger partial charge on any atom is -0.444 e. The first kappa shape index (κ1) is 25.2. The molecule has 2 aromatic heterocycles. The topological polar surface area (TPSA) is 105 Å². The van der Waals surface area contributed by atoms with Gasteiger partial charge in [-0.2, -0.15) is 5.10 Å². The fourth-order valence-corrected chi connectivity index (χ4v) is 7.88. The third kappa shape index (κ3) is 4.99. The second kappa shape index (κ2) is 9.27. The molecule has 2 aromatic rings. The number of rotatable bonds is 5. The number of hydrogen-bond donors (Lipinski definition) is 2. The zero-order valence-corrected chi connectivity index (χ0v) is 22.7. The molecule has 1 atom stereocenters. The Morgan fingerprint density at radius 1 is 1.11 bits per heavy atom. The van der Waals surface area contributed by atoms with Crippen molar-refractivity contribution in [1.29, 1.82) is 0 Å². The van der Waals surface area contributed by atoms with Crippen molar-refractivity contribution in [2.75, 3.05) is 19.6 Å². The molecule has 1 saturated heterocycles. The molecule has 38 heavy (non-hydrogen) atoms. The van der Waals surface area contributed by atoms with Gasteiger partial charge in [0.15, 0.2) is 5.69 Å². The maximum atomic E-state index is 13.3. The first-order valence-electron chi connectivity index (χ1n) is 14.1. The first-order chi connectivity index (χ1) is 18.1. The number of carbonyl (C=O) groups excluding carboxylic acids is 3. The van der Waals surface area contributed by atoms with Gasteiger partial charge < -0.3 is 20.3 Å². The van der Waals surface area contributed by atoms with Gasteiger partial charge in [-0.15, -0.1) is 0 Å². The van der Waals surface area contributed by atoms with E-state index in [4.69, 9.17) is 4.74 Å². The van der Waals surface area contributed by atoms with Gasteiger partial charge in [0.25, 0.3) is 11.8 Å². The summed E-state index contributed by atoms with van der Waals surface area (Å²) >= 11 is 0. The number of carbonyl (C=O) groups is 3. The van der Waals surface area contributed by atoms with Gasteiger partial charge in [-0.1, -0.05) is 0 Å². The molecule has 4 aliphatic carbocycles. The number of nitrogens with one attached hydrogen (secondary N) is 2. The molecular weight excluding hydrogens is 482 g/mol. The summed E-state index contributed by atoms with van der Waals surface area (Å²) in [6, 6.07) is 5.13. The molecule has 4 saturated carbocycles. The Bertz CT molecular complexity index is 1230. The average molecular weight is 522 g/mol. The molecular formula is C29H39N5O4. The standard InChI is InChI=1S/C29H39N5O4/c1-28(2,3)38-27(37)31-21-6-8-33(16-21)26(36)23-12-24-22(5-4-7-34(24)32-23)25(35)30-17-29-13-18-9-19(14-29)11-20(10-18)15-29/h4-5,7,12,18-21H,6,8-11,13-17H2,1-3H3,(H,30,35)(H,31,37). The van der Waals surface area contributed by atoms with Gasteiger partial charge >= 0.3 is 6.09 Å². The van der Waals surface area contributed by atoms with Gasteiger partial charge in [-0.3, -0.25) is 9.59 Å². The van der Waals surface area contributed by atoms with Crippen LogP contribution in [0, 0.1) is 23.2 Å². The maximum absolute atomic E-state index is 13.3. The van der Waals surface area contributed by atoms with Crippen molar-refractivity contribution < 1.29 is 19.1 Å². The van der Waals surface area contributed by atoms with E-state index in [2.05, 4.69) is 15.7 Å². The fraction of sp³-hybridized carbons (Fsp3) is 0.655. The predicted octanol–water partition coefficient (Wildman–Crippen LogP) is 4.02. The van der Waals surface area contributed by atoms with Crippen molar-refractivity contribution in [2.24, 2.45) is 23.2 Å². The second-order valence-electron chi connectivity index (χ2n) is 13.3. The van der Waals surface area contributed by atoms with Crippen molar-refractivity contribution >= 4 is 23.4 Å². The molecule has 5 fully saturated rings.